The number of carbonyl (C=O) groups is 1. The van der Waals surface area contributed by atoms with Crippen LogP contribution in [0.25, 0.3) is 11.1 Å². The summed E-state index contributed by atoms with van der Waals surface area (Å²) < 4.78 is 20.8. The number of amides is 1. The van der Waals surface area contributed by atoms with Gasteiger partial charge in [0.25, 0.3) is 5.91 Å². The first-order valence-corrected chi connectivity index (χ1v) is 8.77. The van der Waals surface area contributed by atoms with Gasteiger partial charge in [-0.25, -0.2) is 9.18 Å². The van der Waals surface area contributed by atoms with Crippen LogP contribution in [0.15, 0.2) is 51.7 Å². The highest BCUT2D eigenvalue weighted by Gasteiger charge is 2.29. The Morgan fingerprint density at radius 1 is 1.23 bits per heavy atom. The van der Waals surface area contributed by atoms with Crippen molar-refractivity contribution in [2.75, 3.05) is 13.1 Å². The molecule has 0 bridgehead atoms. The molecule has 0 aliphatic carbocycles. The van der Waals surface area contributed by atoms with Crippen LogP contribution in [0.5, 0.6) is 0 Å². The SMILES string of the molecule is O=C(c1ccccc1F)N1CCC[C@H](n2c(=O)oc3ccc(Cl)cc32)C1. The second kappa shape index (κ2) is 6.61. The second-order valence-corrected chi connectivity index (χ2v) is 6.81. The van der Waals surface area contributed by atoms with Crippen molar-refractivity contribution in [3.63, 3.8) is 0 Å². The molecule has 0 unspecified atom stereocenters. The number of nitrogens with zero attached hydrogens (tertiary/aromatic N) is 2. The fraction of sp³-hybridized carbons (Fsp3) is 0.263. The zero-order valence-electron chi connectivity index (χ0n) is 13.8. The van der Waals surface area contributed by atoms with E-state index in [0.717, 1.165) is 6.42 Å². The van der Waals surface area contributed by atoms with Crippen LogP contribution in [-0.2, 0) is 0 Å². The lowest BCUT2D eigenvalue weighted by Crippen LogP contribution is -2.42. The lowest BCUT2D eigenvalue weighted by Gasteiger charge is -2.33. The number of fused-ring (bicyclic) bond motifs is 1. The van der Waals surface area contributed by atoms with Crippen LogP contribution in [0.4, 0.5) is 4.39 Å². The van der Waals surface area contributed by atoms with Gasteiger partial charge in [0.1, 0.15) is 5.82 Å². The Balaban J connectivity index is 1.67. The summed E-state index contributed by atoms with van der Waals surface area (Å²) >= 11 is 6.05. The highest BCUT2D eigenvalue weighted by molar-refractivity contribution is 6.31. The lowest BCUT2D eigenvalue weighted by molar-refractivity contribution is 0.0673. The van der Waals surface area contributed by atoms with Crippen molar-refractivity contribution in [1.29, 1.82) is 0 Å². The summed E-state index contributed by atoms with van der Waals surface area (Å²) in [5.74, 6) is -1.39. The van der Waals surface area contributed by atoms with E-state index in [1.54, 1.807) is 39.8 Å². The van der Waals surface area contributed by atoms with Crippen LogP contribution in [0.3, 0.4) is 0 Å². The molecule has 0 saturated carbocycles. The summed E-state index contributed by atoms with van der Waals surface area (Å²) in [4.78, 5) is 26.6. The first-order chi connectivity index (χ1) is 12.5. The number of carbonyl (C=O) groups excluding carboxylic acids is 1. The van der Waals surface area contributed by atoms with Crippen LogP contribution in [-0.4, -0.2) is 28.5 Å². The molecule has 7 heteroatoms. The zero-order valence-corrected chi connectivity index (χ0v) is 14.6. The third kappa shape index (κ3) is 2.90. The molecule has 4 rings (SSSR count). The van der Waals surface area contributed by atoms with E-state index >= 15 is 0 Å². The molecule has 1 aliphatic heterocycles. The van der Waals surface area contributed by atoms with Gasteiger partial charge in [-0.1, -0.05) is 23.7 Å². The standard InChI is InChI=1S/C19H16ClFN2O3/c20-12-7-8-17-16(10-12)23(19(25)26-17)13-4-3-9-22(11-13)18(24)14-5-1-2-6-15(14)21/h1-2,5-8,10,13H,3-4,9,11H2/t13-/m0/s1. The Labute approximate surface area is 153 Å². The van der Waals surface area contributed by atoms with Gasteiger partial charge in [0.2, 0.25) is 0 Å². The highest BCUT2D eigenvalue weighted by Crippen LogP contribution is 2.27. The van der Waals surface area contributed by atoms with E-state index in [-0.39, 0.29) is 17.5 Å². The summed E-state index contributed by atoms with van der Waals surface area (Å²) in [6.07, 6.45) is 1.44. The van der Waals surface area contributed by atoms with Gasteiger partial charge in [-0.05, 0) is 43.2 Å². The molecule has 5 nitrogen and oxygen atoms in total. The predicted octanol–water partition coefficient (Wildman–Crippen LogP) is 3.86. The van der Waals surface area contributed by atoms with Crippen molar-refractivity contribution in [2.24, 2.45) is 0 Å². The summed E-state index contributed by atoms with van der Waals surface area (Å²) in [5, 5.41) is 0.502. The van der Waals surface area contributed by atoms with Gasteiger partial charge in [0.05, 0.1) is 17.1 Å². The van der Waals surface area contributed by atoms with Gasteiger partial charge < -0.3 is 9.32 Å². The molecular weight excluding hydrogens is 359 g/mol. The molecule has 2 aromatic carbocycles. The molecular formula is C19H16ClFN2O3. The van der Waals surface area contributed by atoms with E-state index < -0.39 is 11.6 Å². The van der Waals surface area contributed by atoms with E-state index in [2.05, 4.69) is 0 Å². The molecule has 1 saturated heterocycles. The molecule has 1 atom stereocenters. The molecule has 3 aromatic rings. The van der Waals surface area contributed by atoms with Gasteiger partial charge in [0, 0.05) is 18.1 Å². The van der Waals surface area contributed by atoms with Crippen molar-refractivity contribution < 1.29 is 13.6 Å². The minimum Gasteiger partial charge on any atom is -0.408 e. The number of aromatic nitrogens is 1. The van der Waals surface area contributed by atoms with Crippen LogP contribution >= 0.6 is 11.6 Å². The quantitative estimate of drug-likeness (QED) is 0.684. The third-order valence-corrected chi connectivity index (χ3v) is 4.96. The maximum Gasteiger partial charge on any atom is 0.420 e. The number of hydrogen-bond donors (Lipinski definition) is 0. The molecule has 1 fully saturated rings. The number of benzene rings is 2. The number of oxazole rings is 1. The molecule has 0 spiro atoms. The van der Waals surface area contributed by atoms with E-state index in [0.29, 0.717) is 35.6 Å². The van der Waals surface area contributed by atoms with Gasteiger partial charge in [0.15, 0.2) is 5.58 Å². The molecule has 1 aromatic heterocycles. The summed E-state index contributed by atoms with van der Waals surface area (Å²) in [7, 11) is 0. The van der Waals surface area contributed by atoms with Crippen LogP contribution in [0, 0.1) is 5.82 Å². The predicted molar refractivity (Wildman–Crippen MR) is 96.1 cm³/mol. The maximum atomic E-state index is 13.9. The second-order valence-electron chi connectivity index (χ2n) is 6.38. The highest BCUT2D eigenvalue weighted by atomic mass is 35.5. The topological polar surface area (TPSA) is 55.5 Å². The largest absolute Gasteiger partial charge is 0.420 e. The van der Waals surface area contributed by atoms with Gasteiger partial charge in [-0.3, -0.25) is 9.36 Å². The Kier molecular flexibility index (Phi) is 4.28. The normalized spacial score (nSPS) is 17.6. The molecule has 0 radical (unpaired) electrons. The van der Waals surface area contributed by atoms with Crippen LogP contribution in [0.1, 0.15) is 29.2 Å². The number of likely N-dealkylation sites (tertiary alicyclic amines) is 1. The Morgan fingerprint density at radius 3 is 2.85 bits per heavy atom. The molecule has 2 heterocycles. The van der Waals surface area contributed by atoms with Gasteiger partial charge >= 0.3 is 5.76 Å². The van der Waals surface area contributed by atoms with Crippen molar-refractivity contribution in [3.05, 3.63) is 69.4 Å². The first kappa shape index (κ1) is 16.8. The molecule has 134 valence electrons. The van der Waals surface area contributed by atoms with Gasteiger partial charge in [-0.2, -0.15) is 0 Å². The van der Waals surface area contributed by atoms with Gasteiger partial charge in [-0.15, -0.1) is 0 Å². The smallest absolute Gasteiger partial charge is 0.408 e. The minimum absolute atomic E-state index is 0.0422. The fourth-order valence-electron chi connectivity index (χ4n) is 3.51. The lowest BCUT2D eigenvalue weighted by atomic mass is 10.0. The number of hydrogen-bond acceptors (Lipinski definition) is 3. The Morgan fingerprint density at radius 2 is 2.04 bits per heavy atom. The van der Waals surface area contributed by atoms with Crippen molar-refractivity contribution in [1.82, 2.24) is 9.47 Å². The van der Waals surface area contributed by atoms with Crippen LogP contribution in [0.2, 0.25) is 5.02 Å². The third-order valence-electron chi connectivity index (χ3n) is 4.73. The summed E-state index contributed by atoms with van der Waals surface area (Å²) in [6, 6.07) is 10.7. The Bertz CT molecular complexity index is 1040. The zero-order chi connectivity index (χ0) is 18.3. The molecule has 26 heavy (non-hydrogen) atoms. The van der Waals surface area contributed by atoms with E-state index in [9.17, 15) is 14.0 Å². The maximum absolute atomic E-state index is 13.9. The molecule has 1 aliphatic rings. The fourth-order valence-corrected chi connectivity index (χ4v) is 3.67. The van der Waals surface area contributed by atoms with E-state index in [1.807, 2.05) is 0 Å². The van der Waals surface area contributed by atoms with E-state index in [4.69, 9.17) is 16.0 Å². The van der Waals surface area contributed by atoms with E-state index in [1.165, 1.54) is 12.1 Å². The monoisotopic (exact) mass is 374 g/mol. The van der Waals surface area contributed by atoms with Crippen molar-refractivity contribution >= 4 is 28.6 Å². The average molecular weight is 375 g/mol. The van der Waals surface area contributed by atoms with Crippen molar-refractivity contribution in [2.45, 2.75) is 18.9 Å². The Hall–Kier alpha value is -2.60. The van der Waals surface area contributed by atoms with Crippen LogP contribution < -0.4 is 5.76 Å². The molecule has 0 N–H and O–H groups in total. The number of halogens is 2. The average Bonchev–Trinajstić information content (AvgIpc) is 2.96. The summed E-state index contributed by atoms with van der Waals surface area (Å²) in [5.41, 5.74) is 1.10. The molecule has 1 amide bonds. The number of rotatable bonds is 2. The van der Waals surface area contributed by atoms with Crippen molar-refractivity contribution in [3.8, 4) is 0 Å². The minimum atomic E-state index is -0.544. The number of piperidine rings is 1. The first-order valence-electron chi connectivity index (χ1n) is 8.39. The summed E-state index contributed by atoms with van der Waals surface area (Å²) in [6.45, 7) is 0.836.